The molecule has 3 aromatic rings. The molecular weight excluding hydrogens is 416 g/mol. The molecule has 160 valence electrons. The highest BCUT2D eigenvalue weighted by molar-refractivity contribution is 7.99. The van der Waals surface area contributed by atoms with Crippen molar-refractivity contribution < 1.29 is 14.3 Å². The van der Waals surface area contributed by atoms with Gasteiger partial charge in [-0.1, -0.05) is 42.1 Å². The molecule has 0 aliphatic carbocycles. The van der Waals surface area contributed by atoms with Gasteiger partial charge in [-0.3, -0.25) is 4.40 Å². The molecule has 0 spiro atoms. The van der Waals surface area contributed by atoms with Gasteiger partial charge in [-0.05, 0) is 26.3 Å². The van der Waals surface area contributed by atoms with E-state index in [1.165, 1.54) is 11.8 Å². The molecule has 4 rings (SSSR count). The quantitative estimate of drug-likeness (QED) is 0.450. The molecule has 1 aliphatic heterocycles. The van der Waals surface area contributed by atoms with Crippen molar-refractivity contribution in [1.29, 1.82) is 0 Å². The number of ether oxygens (including phenoxy) is 1. The molecule has 2 amide bonds. The summed E-state index contributed by atoms with van der Waals surface area (Å²) >= 11 is 1.36. The number of benzene rings is 1. The summed E-state index contributed by atoms with van der Waals surface area (Å²) in [6.45, 7) is 5.77. The average Bonchev–Trinajstić information content (AvgIpc) is 3.15. The van der Waals surface area contributed by atoms with Gasteiger partial charge in [-0.15, -0.1) is 10.2 Å². The van der Waals surface area contributed by atoms with Crippen molar-refractivity contribution in [3.05, 3.63) is 64.8 Å². The first-order valence-corrected chi connectivity index (χ1v) is 10.8. The van der Waals surface area contributed by atoms with Gasteiger partial charge in [0.15, 0.2) is 10.8 Å². The second kappa shape index (κ2) is 8.76. The number of carbonyl (C=O) groups excluding carboxylic acids is 2. The molecule has 0 saturated carbocycles. The van der Waals surface area contributed by atoms with Gasteiger partial charge in [0.05, 0.1) is 18.2 Å². The highest BCUT2D eigenvalue weighted by atomic mass is 32.2. The van der Waals surface area contributed by atoms with Crippen LogP contribution in [0.2, 0.25) is 0 Å². The highest BCUT2D eigenvalue weighted by Gasteiger charge is 2.33. The number of thioether (sulfide) groups is 1. The molecule has 0 saturated heterocycles. The van der Waals surface area contributed by atoms with Crippen LogP contribution in [0.15, 0.2) is 52.8 Å². The van der Waals surface area contributed by atoms with E-state index in [0.29, 0.717) is 27.8 Å². The maximum absolute atomic E-state index is 12.8. The van der Waals surface area contributed by atoms with Crippen molar-refractivity contribution >= 4 is 29.4 Å². The Morgan fingerprint density at radius 1 is 1.23 bits per heavy atom. The Bertz CT molecular complexity index is 1170. The van der Waals surface area contributed by atoms with Gasteiger partial charge in [-0.25, -0.2) is 14.6 Å². The fourth-order valence-corrected chi connectivity index (χ4v) is 4.47. The van der Waals surface area contributed by atoms with E-state index in [2.05, 4.69) is 25.8 Å². The Morgan fingerprint density at radius 3 is 2.74 bits per heavy atom. The molecule has 3 heterocycles. The molecule has 2 aromatic heterocycles. The van der Waals surface area contributed by atoms with E-state index in [1.807, 2.05) is 54.6 Å². The predicted molar refractivity (Wildman–Crippen MR) is 115 cm³/mol. The zero-order chi connectivity index (χ0) is 22.0. The summed E-state index contributed by atoms with van der Waals surface area (Å²) in [6, 6.07) is 10.2. The maximum Gasteiger partial charge on any atom is 0.338 e. The van der Waals surface area contributed by atoms with Gasteiger partial charge in [0, 0.05) is 23.2 Å². The standard InChI is InChI=1S/C21H22N6O3S/c1-4-30-19(28)17-15(23-20(29)24-18(17)14-8-6-5-7-9-14)11-31-21-26-25-16-10-12(2)22-13(3)27(16)21/h5-10,18H,4,11H2,1-3H3,(H2,23,24,29). The number of urea groups is 1. The molecule has 1 atom stereocenters. The summed E-state index contributed by atoms with van der Waals surface area (Å²) in [5.74, 6) is 0.594. The van der Waals surface area contributed by atoms with E-state index in [1.54, 1.807) is 6.92 Å². The lowest BCUT2D eigenvalue weighted by molar-refractivity contribution is -0.139. The Balaban J connectivity index is 1.71. The van der Waals surface area contributed by atoms with Gasteiger partial charge < -0.3 is 15.4 Å². The number of nitrogens with zero attached hydrogens (tertiary/aromatic N) is 4. The Hall–Kier alpha value is -3.40. The minimum atomic E-state index is -0.606. The van der Waals surface area contributed by atoms with Gasteiger partial charge in [0.25, 0.3) is 0 Å². The van der Waals surface area contributed by atoms with E-state index in [9.17, 15) is 9.59 Å². The van der Waals surface area contributed by atoms with Crippen LogP contribution in [0.1, 0.15) is 30.0 Å². The molecule has 0 fully saturated rings. The number of amides is 2. The first-order chi connectivity index (χ1) is 15.0. The number of carbonyl (C=O) groups is 2. The Labute approximate surface area is 183 Å². The maximum atomic E-state index is 12.8. The predicted octanol–water partition coefficient (Wildman–Crippen LogP) is 2.70. The minimum absolute atomic E-state index is 0.233. The van der Waals surface area contributed by atoms with Gasteiger partial charge in [0.1, 0.15) is 5.82 Å². The van der Waals surface area contributed by atoms with Crippen molar-refractivity contribution in [2.45, 2.75) is 32.0 Å². The summed E-state index contributed by atoms with van der Waals surface area (Å²) < 4.78 is 7.14. The molecule has 10 heteroatoms. The average molecular weight is 439 g/mol. The minimum Gasteiger partial charge on any atom is -0.463 e. The third-order valence-electron chi connectivity index (χ3n) is 4.79. The second-order valence-electron chi connectivity index (χ2n) is 6.96. The monoisotopic (exact) mass is 438 g/mol. The lowest BCUT2D eigenvalue weighted by Gasteiger charge is -2.29. The van der Waals surface area contributed by atoms with E-state index < -0.39 is 12.0 Å². The SMILES string of the molecule is CCOC(=O)C1=C(CSc2nnc3cc(C)nc(C)n23)NC(=O)NC1c1ccccc1. The van der Waals surface area contributed by atoms with E-state index in [0.717, 1.165) is 17.1 Å². The van der Waals surface area contributed by atoms with Crippen LogP contribution in [0, 0.1) is 13.8 Å². The number of aromatic nitrogens is 4. The van der Waals surface area contributed by atoms with Crippen molar-refractivity contribution in [2.75, 3.05) is 12.4 Å². The van der Waals surface area contributed by atoms with Crippen LogP contribution in [0.4, 0.5) is 4.79 Å². The molecule has 1 aliphatic rings. The molecular formula is C21H22N6O3S. The van der Waals surface area contributed by atoms with E-state index in [4.69, 9.17) is 4.74 Å². The van der Waals surface area contributed by atoms with E-state index in [-0.39, 0.29) is 12.6 Å². The molecule has 9 nitrogen and oxygen atoms in total. The van der Waals surface area contributed by atoms with Crippen LogP contribution in [0.5, 0.6) is 0 Å². The molecule has 31 heavy (non-hydrogen) atoms. The fourth-order valence-electron chi connectivity index (χ4n) is 3.51. The Kier molecular flexibility index (Phi) is 5.90. The number of fused-ring (bicyclic) bond motifs is 1. The summed E-state index contributed by atoms with van der Waals surface area (Å²) in [7, 11) is 0. The van der Waals surface area contributed by atoms with Crippen LogP contribution < -0.4 is 10.6 Å². The topological polar surface area (TPSA) is 111 Å². The normalized spacial score (nSPS) is 16.2. The van der Waals surface area contributed by atoms with Gasteiger partial charge in [0.2, 0.25) is 0 Å². The van der Waals surface area contributed by atoms with Crippen molar-refractivity contribution in [1.82, 2.24) is 30.2 Å². The Morgan fingerprint density at radius 2 is 2.00 bits per heavy atom. The van der Waals surface area contributed by atoms with Crippen LogP contribution in [0.3, 0.4) is 0 Å². The van der Waals surface area contributed by atoms with Gasteiger partial charge >= 0.3 is 12.0 Å². The summed E-state index contributed by atoms with van der Waals surface area (Å²) in [6.07, 6.45) is 0. The van der Waals surface area contributed by atoms with Crippen LogP contribution in [0.25, 0.3) is 5.65 Å². The zero-order valence-corrected chi connectivity index (χ0v) is 18.2. The van der Waals surface area contributed by atoms with Crippen LogP contribution in [-0.4, -0.2) is 43.9 Å². The number of aryl methyl sites for hydroxylation is 2. The molecule has 0 radical (unpaired) electrons. The van der Waals surface area contributed by atoms with Crippen molar-refractivity contribution in [3.8, 4) is 0 Å². The smallest absolute Gasteiger partial charge is 0.338 e. The molecule has 2 N–H and O–H groups in total. The number of hydrogen-bond donors (Lipinski definition) is 2. The fraction of sp³-hybridized carbons (Fsp3) is 0.286. The highest BCUT2D eigenvalue weighted by Crippen LogP contribution is 2.30. The number of nitrogens with one attached hydrogen (secondary N) is 2. The largest absolute Gasteiger partial charge is 0.463 e. The summed E-state index contributed by atoms with van der Waals surface area (Å²) in [5, 5.41) is 14.7. The van der Waals surface area contributed by atoms with Crippen LogP contribution >= 0.6 is 11.8 Å². The first kappa shape index (κ1) is 20.9. The lowest BCUT2D eigenvalue weighted by Crippen LogP contribution is -2.46. The van der Waals surface area contributed by atoms with E-state index >= 15 is 0 Å². The van der Waals surface area contributed by atoms with Gasteiger partial charge in [-0.2, -0.15) is 0 Å². The second-order valence-corrected chi connectivity index (χ2v) is 7.91. The first-order valence-electron chi connectivity index (χ1n) is 9.82. The van der Waals surface area contributed by atoms with Crippen molar-refractivity contribution in [2.24, 2.45) is 0 Å². The number of hydrogen-bond acceptors (Lipinski definition) is 7. The number of rotatable bonds is 6. The van der Waals surface area contributed by atoms with Crippen molar-refractivity contribution in [3.63, 3.8) is 0 Å². The summed E-state index contributed by atoms with van der Waals surface area (Å²) in [4.78, 5) is 29.7. The lowest BCUT2D eigenvalue weighted by atomic mass is 9.95. The molecule has 1 unspecified atom stereocenters. The summed E-state index contributed by atoms with van der Waals surface area (Å²) in [5.41, 5.74) is 3.21. The number of esters is 1. The third kappa shape index (κ3) is 4.24. The van der Waals surface area contributed by atoms with Crippen LogP contribution in [-0.2, 0) is 9.53 Å². The third-order valence-corrected chi connectivity index (χ3v) is 5.74. The molecule has 0 bridgehead atoms. The zero-order valence-electron chi connectivity index (χ0n) is 17.4. The molecule has 1 aromatic carbocycles.